The van der Waals surface area contributed by atoms with Gasteiger partial charge in [-0.1, -0.05) is 24.9 Å². The van der Waals surface area contributed by atoms with Crippen molar-refractivity contribution in [1.82, 2.24) is 10.2 Å². The predicted octanol–water partition coefficient (Wildman–Crippen LogP) is 2.14. The Hall–Kier alpha value is -2.15. The van der Waals surface area contributed by atoms with E-state index in [1.54, 1.807) is 0 Å². The van der Waals surface area contributed by atoms with Crippen LogP contribution in [0.15, 0.2) is 18.2 Å². The molecule has 0 aromatic heterocycles. The number of nitrogens with one attached hydrogen (secondary N) is 2. The molecular weight excluding hydrogens is 313 g/mol. The highest BCUT2D eigenvalue weighted by Crippen LogP contribution is 2.19. The molecular formula is C14H15ClFN3O3. The number of nitrogens with zero attached hydrogens (tertiary/aromatic N) is 1. The molecule has 0 radical (unpaired) electrons. The topological polar surface area (TPSA) is 78.5 Å². The molecule has 1 aliphatic heterocycles. The number of amides is 4. The van der Waals surface area contributed by atoms with Crippen molar-refractivity contribution in [2.24, 2.45) is 0 Å². The minimum atomic E-state index is -0.601. The van der Waals surface area contributed by atoms with Gasteiger partial charge in [0.1, 0.15) is 18.4 Å². The van der Waals surface area contributed by atoms with E-state index in [0.29, 0.717) is 6.42 Å². The molecule has 22 heavy (non-hydrogen) atoms. The summed E-state index contributed by atoms with van der Waals surface area (Å²) in [6.07, 6.45) is 1.26. The highest BCUT2D eigenvalue weighted by atomic mass is 35.5. The number of halogens is 2. The van der Waals surface area contributed by atoms with Crippen LogP contribution in [0.3, 0.4) is 0 Å². The molecule has 1 aliphatic rings. The average molecular weight is 328 g/mol. The Morgan fingerprint density at radius 2 is 2.18 bits per heavy atom. The van der Waals surface area contributed by atoms with Crippen molar-refractivity contribution in [3.63, 3.8) is 0 Å². The summed E-state index contributed by atoms with van der Waals surface area (Å²) in [5.74, 6) is -1.58. The Morgan fingerprint density at radius 1 is 1.45 bits per heavy atom. The molecule has 8 heteroatoms. The minimum absolute atomic E-state index is 0.129. The maximum absolute atomic E-state index is 13.0. The van der Waals surface area contributed by atoms with Gasteiger partial charge in [0.2, 0.25) is 5.91 Å². The minimum Gasteiger partial charge on any atom is -0.326 e. The Bertz CT molecular complexity index is 623. The lowest BCUT2D eigenvalue weighted by molar-refractivity contribution is -0.130. The number of carbonyl (C=O) groups excluding carboxylic acids is 3. The van der Waals surface area contributed by atoms with Gasteiger partial charge in [-0.3, -0.25) is 14.5 Å². The first kappa shape index (κ1) is 16.2. The zero-order chi connectivity index (χ0) is 16.3. The van der Waals surface area contributed by atoms with Crippen LogP contribution in [0.4, 0.5) is 14.9 Å². The van der Waals surface area contributed by atoms with Crippen LogP contribution in [0.1, 0.15) is 19.8 Å². The second kappa shape index (κ2) is 6.74. The summed E-state index contributed by atoms with van der Waals surface area (Å²) in [6.45, 7) is 1.49. The normalized spacial score (nSPS) is 17.6. The van der Waals surface area contributed by atoms with Gasteiger partial charge in [-0.2, -0.15) is 0 Å². The second-order valence-electron chi connectivity index (χ2n) is 4.89. The Balaban J connectivity index is 1.98. The Morgan fingerprint density at radius 3 is 2.82 bits per heavy atom. The van der Waals surface area contributed by atoms with E-state index in [-0.39, 0.29) is 10.7 Å². The van der Waals surface area contributed by atoms with Crippen LogP contribution in [-0.4, -0.2) is 35.3 Å². The molecule has 0 unspecified atom stereocenters. The van der Waals surface area contributed by atoms with Gasteiger partial charge in [-0.25, -0.2) is 9.18 Å². The van der Waals surface area contributed by atoms with E-state index in [2.05, 4.69) is 10.6 Å². The fraction of sp³-hybridized carbons (Fsp3) is 0.357. The molecule has 0 spiro atoms. The largest absolute Gasteiger partial charge is 0.326 e. The lowest BCUT2D eigenvalue weighted by atomic mass is 10.2. The van der Waals surface area contributed by atoms with Crippen LogP contribution >= 0.6 is 11.6 Å². The smallest absolute Gasteiger partial charge is 0.325 e. The maximum Gasteiger partial charge on any atom is 0.325 e. The van der Waals surface area contributed by atoms with Gasteiger partial charge in [-0.15, -0.1) is 0 Å². The number of benzene rings is 1. The molecule has 1 heterocycles. The number of anilines is 1. The summed E-state index contributed by atoms with van der Waals surface area (Å²) >= 11 is 5.61. The van der Waals surface area contributed by atoms with Gasteiger partial charge in [0, 0.05) is 5.69 Å². The molecule has 0 saturated carbocycles. The highest BCUT2D eigenvalue weighted by molar-refractivity contribution is 6.31. The fourth-order valence-electron chi connectivity index (χ4n) is 2.13. The number of urea groups is 1. The van der Waals surface area contributed by atoms with E-state index in [0.717, 1.165) is 17.4 Å². The van der Waals surface area contributed by atoms with Crippen LogP contribution in [0, 0.1) is 5.82 Å². The standard InChI is InChI=1S/C14H15ClFN3O3/c1-2-3-11-13(21)19(14(22)18-11)7-12(20)17-8-4-5-10(16)9(15)6-8/h4-6,11H,2-3,7H2,1H3,(H,17,20)(H,18,22)/t11-/m0/s1. The van der Waals surface area contributed by atoms with Gasteiger partial charge in [0.25, 0.3) is 5.91 Å². The monoisotopic (exact) mass is 327 g/mol. The quantitative estimate of drug-likeness (QED) is 0.813. The molecule has 1 atom stereocenters. The summed E-state index contributed by atoms with van der Waals surface area (Å²) in [5, 5.41) is 4.86. The molecule has 4 amide bonds. The van der Waals surface area contributed by atoms with Crippen molar-refractivity contribution < 1.29 is 18.8 Å². The molecule has 0 aliphatic carbocycles. The van der Waals surface area contributed by atoms with Crippen molar-refractivity contribution in [2.75, 3.05) is 11.9 Å². The number of rotatable bonds is 5. The average Bonchev–Trinajstić information content (AvgIpc) is 2.71. The summed E-state index contributed by atoms with van der Waals surface area (Å²) in [4.78, 5) is 36.4. The first-order valence-corrected chi connectivity index (χ1v) is 7.17. The van der Waals surface area contributed by atoms with Crippen LogP contribution in [0.5, 0.6) is 0 Å². The van der Waals surface area contributed by atoms with E-state index in [4.69, 9.17) is 11.6 Å². The third-order valence-electron chi connectivity index (χ3n) is 3.19. The summed E-state index contributed by atoms with van der Waals surface area (Å²) in [5.41, 5.74) is 0.286. The zero-order valence-electron chi connectivity index (χ0n) is 11.9. The molecule has 118 valence electrons. The summed E-state index contributed by atoms with van der Waals surface area (Å²) in [6, 6.07) is 2.54. The van der Waals surface area contributed by atoms with Crippen molar-refractivity contribution in [3.05, 3.63) is 29.0 Å². The van der Waals surface area contributed by atoms with Crippen molar-refractivity contribution in [2.45, 2.75) is 25.8 Å². The van der Waals surface area contributed by atoms with E-state index < -0.39 is 36.2 Å². The van der Waals surface area contributed by atoms with Crippen LogP contribution in [-0.2, 0) is 9.59 Å². The number of imide groups is 1. The van der Waals surface area contributed by atoms with Crippen LogP contribution < -0.4 is 10.6 Å². The molecule has 1 fully saturated rings. The first-order valence-electron chi connectivity index (χ1n) is 6.79. The van der Waals surface area contributed by atoms with Crippen LogP contribution in [0.2, 0.25) is 5.02 Å². The maximum atomic E-state index is 13.0. The number of carbonyl (C=O) groups is 3. The third-order valence-corrected chi connectivity index (χ3v) is 3.48. The zero-order valence-corrected chi connectivity index (χ0v) is 12.6. The predicted molar refractivity (Wildman–Crippen MR) is 79.0 cm³/mol. The lowest BCUT2D eigenvalue weighted by Gasteiger charge is -2.13. The molecule has 0 bridgehead atoms. The van der Waals surface area contributed by atoms with E-state index in [1.807, 2.05) is 6.92 Å². The molecule has 1 aromatic rings. The summed E-state index contributed by atoms with van der Waals surface area (Å²) < 4.78 is 13.0. The molecule has 1 aromatic carbocycles. The van der Waals surface area contributed by atoms with E-state index in [9.17, 15) is 18.8 Å². The third kappa shape index (κ3) is 3.54. The van der Waals surface area contributed by atoms with Crippen molar-refractivity contribution >= 4 is 35.1 Å². The molecule has 6 nitrogen and oxygen atoms in total. The molecule has 2 N–H and O–H groups in total. The molecule has 2 rings (SSSR count). The first-order chi connectivity index (χ1) is 10.4. The highest BCUT2D eigenvalue weighted by Gasteiger charge is 2.38. The van der Waals surface area contributed by atoms with Gasteiger partial charge < -0.3 is 10.6 Å². The SMILES string of the molecule is CCC[C@@H]1NC(=O)N(CC(=O)Nc2ccc(F)c(Cl)c2)C1=O. The van der Waals surface area contributed by atoms with Gasteiger partial charge in [-0.05, 0) is 24.6 Å². The number of hydrogen-bond acceptors (Lipinski definition) is 3. The van der Waals surface area contributed by atoms with E-state index in [1.165, 1.54) is 12.1 Å². The Labute approximate surface area is 131 Å². The Kier molecular flexibility index (Phi) is 4.97. The van der Waals surface area contributed by atoms with E-state index >= 15 is 0 Å². The number of hydrogen-bond donors (Lipinski definition) is 2. The lowest BCUT2D eigenvalue weighted by Crippen LogP contribution is -2.38. The summed E-state index contributed by atoms with van der Waals surface area (Å²) in [7, 11) is 0. The van der Waals surface area contributed by atoms with Gasteiger partial charge in [0.05, 0.1) is 5.02 Å². The van der Waals surface area contributed by atoms with Crippen LogP contribution in [0.25, 0.3) is 0 Å². The van der Waals surface area contributed by atoms with Crippen molar-refractivity contribution in [1.29, 1.82) is 0 Å². The van der Waals surface area contributed by atoms with Gasteiger partial charge in [0.15, 0.2) is 0 Å². The molecule has 1 saturated heterocycles. The van der Waals surface area contributed by atoms with Gasteiger partial charge >= 0.3 is 6.03 Å². The second-order valence-corrected chi connectivity index (χ2v) is 5.30. The van der Waals surface area contributed by atoms with Crippen molar-refractivity contribution in [3.8, 4) is 0 Å². The fourth-order valence-corrected chi connectivity index (χ4v) is 2.31.